The molecule has 2 N–H and O–H groups in total. The van der Waals surface area contributed by atoms with Crippen LogP contribution in [0.2, 0.25) is 0 Å². The quantitative estimate of drug-likeness (QED) is 0.867. The summed E-state index contributed by atoms with van der Waals surface area (Å²) < 4.78 is 18.5. The third kappa shape index (κ3) is 4.76. The molecule has 3 rings (SSSR count). The van der Waals surface area contributed by atoms with E-state index in [0.29, 0.717) is 23.3 Å². The summed E-state index contributed by atoms with van der Waals surface area (Å²) in [4.78, 5) is 16.6. The first-order valence-corrected chi connectivity index (χ1v) is 8.16. The largest absolute Gasteiger partial charge is 0.344 e. The van der Waals surface area contributed by atoms with Crippen LogP contribution in [0.5, 0.6) is 0 Å². The molecule has 0 saturated carbocycles. The normalized spacial score (nSPS) is 21.2. The number of nitrogens with one attached hydrogen (secondary N) is 2. The molecule has 6 nitrogen and oxygen atoms in total. The number of rotatable bonds is 4. The van der Waals surface area contributed by atoms with E-state index in [4.69, 9.17) is 4.52 Å². The number of hydrogen-bond donors (Lipinski definition) is 2. The van der Waals surface area contributed by atoms with Crippen LogP contribution in [0.1, 0.15) is 38.6 Å². The highest BCUT2D eigenvalue weighted by molar-refractivity contribution is 5.85. The van der Waals surface area contributed by atoms with Crippen molar-refractivity contribution >= 4 is 18.3 Å². The van der Waals surface area contributed by atoms with Crippen LogP contribution in [0, 0.1) is 11.7 Å². The summed E-state index contributed by atoms with van der Waals surface area (Å²) in [5.74, 6) is 0.251. The molecule has 1 amide bonds. The first-order chi connectivity index (χ1) is 11.5. The molecule has 0 bridgehead atoms. The number of amides is 1. The predicted molar refractivity (Wildman–Crippen MR) is 93.7 cm³/mol. The van der Waals surface area contributed by atoms with Gasteiger partial charge in [0.15, 0.2) is 0 Å². The summed E-state index contributed by atoms with van der Waals surface area (Å²) >= 11 is 0. The van der Waals surface area contributed by atoms with Crippen molar-refractivity contribution in [2.45, 2.75) is 38.8 Å². The molecule has 1 unspecified atom stereocenters. The maximum atomic E-state index is 13.3. The van der Waals surface area contributed by atoms with Crippen LogP contribution in [-0.4, -0.2) is 28.6 Å². The third-order valence-electron chi connectivity index (χ3n) is 4.25. The van der Waals surface area contributed by atoms with E-state index in [1.54, 1.807) is 19.1 Å². The molecular formula is C17H22ClFN4O2. The molecule has 1 saturated heterocycles. The van der Waals surface area contributed by atoms with Crippen LogP contribution in [0.15, 0.2) is 28.8 Å². The summed E-state index contributed by atoms with van der Waals surface area (Å²) in [6.45, 7) is 4.72. The van der Waals surface area contributed by atoms with Gasteiger partial charge in [-0.1, -0.05) is 17.3 Å². The molecule has 2 heterocycles. The van der Waals surface area contributed by atoms with Gasteiger partial charge >= 0.3 is 0 Å². The molecule has 1 aliphatic rings. The summed E-state index contributed by atoms with van der Waals surface area (Å²) in [6.07, 6.45) is 1.64. The van der Waals surface area contributed by atoms with Crippen LogP contribution in [0.25, 0.3) is 11.4 Å². The SMILES string of the molecule is CC(NC(=O)[C@H]1CCN[C@@H](C)C1)c1nc(-c2cccc(F)c2)no1.Cl. The summed E-state index contributed by atoms with van der Waals surface area (Å²) in [5, 5.41) is 10.1. The van der Waals surface area contributed by atoms with Gasteiger partial charge in [-0.25, -0.2) is 4.39 Å². The van der Waals surface area contributed by atoms with Gasteiger partial charge in [-0.3, -0.25) is 4.79 Å². The molecule has 25 heavy (non-hydrogen) atoms. The lowest BCUT2D eigenvalue weighted by Gasteiger charge is -2.27. The van der Waals surface area contributed by atoms with E-state index >= 15 is 0 Å². The second-order valence-corrected chi connectivity index (χ2v) is 6.27. The van der Waals surface area contributed by atoms with E-state index in [9.17, 15) is 9.18 Å². The summed E-state index contributed by atoms with van der Waals surface area (Å²) in [6, 6.07) is 5.94. The second kappa shape index (κ2) is 8.40. The van der Waals surface area contributed by atoms with Crippen LogP contribution in [-0.2, 0) is 4.79 Å². The number of benzene rings is 1. The number of carbonyl (C=O) groups excluding carboxylic acids is 1. The van der Waals surface area contributed by atoms with Crippen molar-refractivity contribution < 1.29 is 13.7 Å². The standard InChI is InChI=1S/C17H21FN4O2.ClH/c1-10-8-13(6-7-19-10)16(23)20-11(2)17-21-15(22-24-17)12-4-3-5-14(18)9-12;/h3-5,9-11,13,19H,6-8H2,1-2H3,(H,20,23);1H/t10-,11?,13-;/m0./s1. The Morgan fingerprint density at radius 1 is 1.48 bits per heavy atom. The topological polar surface area (TPSA) is 80.0 Å². The van der Waals surface area contributed by atoms with Gasteiger partial charge in [-0.15, -0.1) is 12.4 Å². The molecule has 1 aliphatic heterocycles. The van der Waals surface area contributed by atoms with Crippen LogP contribution in [0.3, 0.4) is 0 Å². The highest BCUT2D eigenvalue weighted by Crippen LogP contribution is 2.21. The number of aromatic nitrogens is 2. The van der Waals surface area contributed by atoms with Gasteiger partial charge in [0.25, 0.3) is 0 Å². The maximum Gasteiger partial charge on any atom is 0.249 e. The molecule has 0 spiro atoms. The smallest absolute Gasteiger partial charge is 0.249 e. The fourth-order valence-electron chi connectivity index (χ4n) is 2.92. The fraction of sp³-hybridized carbons (Fsp3) is 0.471. The number of halogens is 2. The maximum absolute atomic E-state index is 13.3. The van der Waals surface area contributed by atoms with E-state index in [0.717, 1.165) is 19.4 Å². The van der Waals surface area contributed by atoms with Crippen molar-refractivity contribution in [3.8, 4) is 11.4 Å². The first kappa shape index (κ1) is 19.3. The van der Waals surface area contributed by atoms with Crippen LogP contribution in [0.4, 0.5) is 4.39 Å². The summed E-state index contributed by atoms with van der Waals surface area (Å²) in [7, 11) is 0. The molecule has 0 aliphatic carbocycles. The van der Waals surface area contributed by atoms with Crippen molar-refractivity contribution in [2.75, 3.05) is 6.54 Å². The minimum absolute atomic E-state index is 0. The lowest BCUT2D eigenvalue weighted by Crippen LogP contribution is -2.43. The highest BCUT2D eigenvalue weighted by atomic mass is 35.5. The van der Waals surface area contributed by atoms with Gasteiger partial charge in [0.2, 0.25) is 17.6 Å². The second-order valence-electron chi connectivity index (χ2n) is 6.27. The minimum Gasteiger partial charge on any atom is -0.344 e. The van der Waals surface area contributed by atoms with E-state index < -0.39 is 6.04 Å². The van der Waals surface area contributed by atoms with Crippen molar-refractivity contribution in [3.05, 3.63) is 36.0 Å². The van der Waals surface area contributed by atoms with E-state index in [-0.39, 0.29) is 30.0 Å². The van der Waals surface area contributed by atoms with Crippen LogP contribution >= 0.6 is 12.4 Å². The Morgan fingerprint density at radius 3 is 3.00 bits per heavy atom. The molecule has 1 aromatic carbocycles. The van der Waals surface area contributed by atoms with Crippen LogP contribution < -0.4 is 10.6 Å². The molecule has 0 radical (unpaired) electrons. The number of carbonyl (C=O) groups is 1. The minimum atomic E-state index is -0.391. The average Bonchev–Trinajstić information content (AvgIpc) is 3.05. The lowest BCUT2D eigenvalue weighted by atomic mass is 9.92. The van der Waals surface area contributed by atoms with Gasteiger partial charge in [-0.2, -0.15) is 4.98 Å². The van der Waals surface area contributed by atoms with Gasteiger partial charge in [0.1, 0.15) is 11.9 Å². The molecule has 2 aromatic rings. The molecular weight excluding hydrogens is 347 g/mol. The zero-order valence-electron chi connectivity index (χ0n) is 14.2. The Balaban J connectivity index is 0.00000225. The number of piperidine rings is 1. The number of nitrogens with zero attached hydrogens (tertiary/aromatic N) is 2. The van der Waals surface area contributed by atoms with E-state index in [2.05, 4.69) is 27.7 Å². The molecule has 1 fully saturated rings. The Hall–Kier alpha value is -1.99. The van der Waals surface area contributed by atoms with Gasteiger partial charge < -0.3 is 15.2 Å². The third-order valence-corrected chi connectivity index (χ3v) is 4.25. The highest BCUT2D eigenvalue weighted by Gasteiger charge is 2.27. The van der Waals surface area contributed by atoms with Gasteiger partial charge in [-0.05, 0) is 45.4 Å². The Bertz CT molecular complexity index is 724. The lowest BCUT2D eigenvalue weighted by molar-refractivity contribution is -0.126. The number of hydrogen-bond acceptors (Lipinski definition) is 5. The Morgan fingerprint density at radius 2 is 2.28 bits per heavy atom. The molecule has 3 atom stereocenters. The summed E-state index contributed by atoms with van der Waals surface area (Å²) in [5.41, 5.74) is 0.538. The predicted octanol–water partition coefficient (Wildman–Crippen LogP) is 2.86. The Labute approximate surface area is 152 Å². The Kier molecular flexibility index (Phi) is 6.50. The molecule has 8 heteroatoms. The first-order valence-electron chi connectivity index (χ1n) is 8.16. The van der Waals surface area contributed by atoms with Gasteiger partial charge in [0.05, 0.1) is 0 Å². The van der Waals surface area contributed by atoms with E-state index in [1.165, 1.54) is 12.1 Å². The van der Waals surface area contributed by atoms with Crippen molar-refractivity contribution in [3.63, 3.8) is 0 Å². The molecule has 136 valence electrons. The zero-order valence-corrected chi connectivity index (χ0v) is 15.0. The van der Waals surface area contributed by atoms with Gasteiger partial charge in [0, 0.05) is 17.5 Å². The zero-order chi connectivity index (χ0) is 17.1. The molecule has 1 aromatic heterocycles. The average molecular weight is 369 g/mol. The fourth-order valence-corrected chi connectivity index (χ4v) is 2.92. The van der Waals surface area contributed by atoms with Crippen molar-refractivity contribution in [1.82, 2.24) is 20.8 Å². The monoisotopic (exact) mass is 368 g/mol. The van der Waals surface area contributed by atoms with Crippen molar-refractivity contribution in [1.29, 1.82) is 0 Å². The van der Waals surface area contributed by atoms with E-state index in [1.807, 2.05) is 0 Å². The van der Waals surface area contributed by atoms with Crippen molar-refractivity contribution in [2.24, 2.45) is 5.92 Å².